The van der Waals surface area contributed by atoms with Gasteiger partial charge in [0.2, 0.25) is 0 Å². The van der Waals surface area contributed by atoms with E-state index in [-0.39, 0.29) is 12.4 Å². The van der Waals surface area contributed by atoms with Gasteiger partial charge in [-0.25, -0.2) is 4.98 Å². The number of benzene rings is 1. The summed E-state index contributed by atoms with van der Waals surface area (Å²) in [7, 11) is 0. The van der Waals surface area contributed by atoms with Crippen molar-refractivity contribution in [1.29, 1.82) is 0 Å². The third-order valence-corrected chi connectivity index (χ3v) is 5.00. The lowest BCUT2D eigenvalue weighted by Gasteiger charge is -2.21. The first-order valence-electron chi connectivity index (χ1n) is 8.42. The minimum atomic E-state index is 0. The smallest absolute Gasteiger partial charge is 0.185 e. The van der Waals surface area contributed by atoms with E-state index in [0.717, 1.165) is 44.3 Å². The van der Waals surface area contributed by atoms with Gasteiger partial charge in [-0.3, -0.25) is 4.90 Å². The van der Waals surface area contributed by atoms with Crippen LogP contribution in [0.2, 0.25) is 0 Å². The standard InChI is InChI=1S/C18H28N4S.ClH/c1-3-22(4-2)18-20-14-17(23-18)15-21(13-11-19)12-10-16-8-6-5-7-9-16;/h5-9,14H,3-4,10-13,15,19H2,1-2H3;1H. The van der Waals surface area contributed by atoms with Crippen LogP contribution in [0, 0.1) is 0 Å². The van der Waals surface area contributed by atoms with Crippen LogP contribution in [0.3, 0.4) is 0 Å². The molecule has 0 saturated carbocycles. The third kappa shape index (κ3) is 6.40. The molecule has 4 nitrogen and oxygen atoms in total. The average Bonchev–Trinajstić information content (AvgIpc) is 3.03. The van der Waals surface area contributed by atoms with Crippen molar-refractivity contribution in [3.8, 4) is 0 Å². The first-order valence-corrected chi connectivity index (χ1v) is 9.24. The molecule has 1 aromatic heterocycles. The Morgan fingerprint density at radius 3 is 2.42 bits per heavy atom. The quantitative estimate of drug-likeness (QED) is 0.698. The fraction of sp³-hybridized carbons (Fsp3) is 0.500. The van der Waals surface area contributed by atoms with Crippen molar-refractivity contribution >= 4 is 28.9 Å². The Morgan fingerprint density at radius 2 is 1.79 bits per heavy atom. The summed E-state index contributed by atoms with van der Waals surface area (Å²) in [5.41, 5.74) is 7.16. The Balaban J connectivity index is 0.00000288. The first-order chi connectivity index (χ1) is 11.3. The Hall–Kier alpha value is -1.14. The SMILES string of the molecule is CCN(CC)c1ncc(CN(CCN)CCc2ccccc2)s1.Cl. The Bertz CT molecular complexity index is 557. The topological polar surface area (TPSA) is 45.4 Å². The van der Waals surface area contributed by atoms with Crippen molar-refractivity contribution in [2.24, 2.45) is 5.73 Å². The maximum absolute atomic E-state index is 5.79. The average molecular weight is 369 g/mol. The molecular formula is C18H29ClN4S. The van der Waals surface area contributed by atoms with Crippen molar-refractivity contribution in [2.45, 2.75) is 26.8 Å². The highest BCUT2D eigenvalue weighted by Crippen LogP contribution is 2.23. The number of nitrogens with zero attached hydrogens (tertiary/aromatic N) is 3. The van der Waals surface area contributed by atoms with E-state index in [9.17, 15) is 0 Å². The molecule has 0 amide bonds. The fourth-order valence-electron chi connectivity index (χ4n) is 2.62. The Labute approximate surface area is 156 Å². The van der Waals surface area contributed by atoms with Gasteiger partial charge < -0.3 is 10.6 Å². The second-order valence-corrected chi connectivity index (χ2v) is 6.68. The summed E-state index contributed by atoms with van der Waals surface area (Å²) in [5, 5.41) is 1.13. The van der Waals surface area contributed by atoms with Crippen LogP contribution in [0.25, 0.3) is 0 Å². The Morgan fingerprint density at radius 1 is 1.08 bits per heavy atom. The lowest BCUT2D eigenvalue weighted by molar-refractivity contribution is 0.278. The van der Waals surface area contributed by atoms with E-state index >= 15 is 0 Å². The first kappa shape index (κ1) is 20.9. The fourth-order valence-corrected chi connectivity index (χ4v) is 3.70. The molecule has 0 spiro atoms. The Kier molecular flexibility index (Phi) is 9.95. The van der Waals surface area contributed by atoms with Gasteiger partial charge in [0.25, 0.3) is 0 Å². The molecule has 2 aromatic rings. The van der Waals surface area contributed by atoms with Gasteiger partial charge in [-0.15, -0.1) is 23.7 Å². The van der Waals surface area contributed by atoms with Crippen LogP contribution >= 0.6 is 23.7 Å². The summed E-state index contributed by atoms with van der Waals surface area (Å²) in [6.07, 6.45) is 3.08. The van der Waals surface area contributed by atoms with Gasteiger partial charge in [0.1, 0.15) is 0 Å². The molecule has 24 heavy (non-hydrogen) atoms. The second-order valence-electron chi connectivity index (χ2n) is 5.58. The van der Waals surface area contributed by atoms with Crippen molar-refractivity contribution < 1.29 is 0 Å². The molecule has 2 N–H and O–H groups in total. The minimum absolute atomic E-state index is 0. The van der Waals surface area contributed by atoms with Gasteiger partial charge in [-0.2, -0.15) is 0 Å². The van der Waals surface area contributed by atoms with E-state index in [1.807, 2.05) is 6.20 Å². The highest BCUT2D eigenvalue weighted by atomic mass is 35.5. The van der Waals surface area contributed by atoms with Crippen LogP contribution < -0.4 is 10.6 Å². The summed E-state index contributed by atoms with van der Waals surface area (Å²) in [6, 6.07) is 10.6. The number of aromatic nitrogens is 1. The summed E-state index contributed by atoms with van der Waals surface area (Å²) in [5.74, 6) is 0. The van der Waals surface area contributed by atoms with Gasteiger partial charge in [-0.05, 0) is 25.8 Å². The summed E-state index contributed by atoms with van der Waals surface area (Å²) >= 11 is 1.80. The number of rotatable bonds is 10. The van der Waals surface area contributed by atoms with Gasteiger partial charge in [-0.1, -0.05) is 30.3 Å². The summed E-state index contributed by atoms with van der Waals surface area (Å²) in [6.45, 7) is 9.93. The van der Waals surface area contributed by atoms with Gasteiger partial charge >= 0.3 is 0 Å². The molecule has 0 aliphatic rings. The summed E-state index contributed by atoms with van der Waals surface area (Å²) in [4.78, 5) is 10.6. The number of thiazole rings is 1. The maximum atomic E-state index is 5.79. The molecule has 1 aromatic carbocycles. The van der Waals surface area contributed by atoms with Crippen LogP contribution in [0.4, 0.5) is 5.13 Å². The number of hydrogen-bond donors (Lipinski definition) is 1. The van der Waals surface area contributed by atoms with Crippen LogP contribution in [0.1, 0.15) is 24.3 Å². The molecule has 0 aliphatic heterocycles. The number of halogens is 1. The molecule has 1 heterocycles. The molecule has 0 fully saturated rings. The molecular weight excluding hydrogens is 340 g/mol. The van der Waals surface area contributed by atoms with E-state index in [0.29, 0.717) is 6.54 Å². The van der Waals surface area contributed by atoms with Gasteiger partial charge in [0.05, 0.1) is 0 Å². The zero-order valence-corrected chi connectivity index (χ0v) is 16.3. The zero-order valence-electron chi connectivity index (χ0n) is 14.6. The van der Waals surface area contributed by atoms with Crippen LogP contribution in [0.5, 0.6) is 0 Å². The van der Waals surface area contributed by atoms with Crippen molar-refractivity contribution in [3.63, 3.8) is 0 Å². The van der Waals surface area contributed by atoms with Crippen molar-refractivity contribution in [3.05, 3.63) is 47.0 Å². The molecule has 0 aliphatic carbocycles. The largest absolute Gasteiger partial charge is 0.349 e. The van der Waals surface area contributed by atoms with E-state index in [1.54, 1.807) is 11.3 Å². The predicted octanol–water partition coefficient (Wildman–Crippen LogP) is 3.41. The minimum Gasteiger partial charge on any atom is -0.349 e. The van der Waals surface area contributed by atoms with E-state index in [1.165, 1.54) is 10.4 Å². The molecule has 2 rings (SSSR count). The normalized spacial score (nSPS) is 10.7. The number of anilines is 1. The molecule has 0 radical (unpaired) electrons. The maximum Gasteiger partial charge on any atom is 0.185 e. The molecule has 0 bridgehead atoms. The molecule has 0 unspecified atom stereocenters. The van der Waals surface area contributed by atoms with Gasteiger partial charge in [0, 0.05) is 50.3 Å². The highest BCUT2D eigenvalue weighted by Gasteiger charge is 2.11. The van der Waals surface area contributed by atoms with Crippen LogP contribution in [-0.2, 0) is 13.0 Å². The highest BCUT2D eigenvalue weighted by molar-refractivity contribution is 7.15. The third-order valence-electron chi connectivity index (χ3n) is 3.96. The van der Waals surface area contributed by atoms with Gasteiger partial charge in [0.15, 0.2) is 5.13 Å². The van der Waals surface area contributed by atoms with E-state index in [2.05, 4.69) is 59.0 Å². The molecule has 6 heteroatoms. The number of hydrogen-bond acceptors (Lipinski definition) is 5. The monoisotopic (exact) mass is 368 g/mol. The van der Waals surface area contributed by atoms with Crippen molar-refractivity contribution in [2.75, 3.05) is 37.6 Å². The van der Waals surface area contributed by atoms with Crippen LogP contribution in [-0.4, -0.2) is 42.6 Å². The van der Waals surface area contributed by atoms with Crippen molar-refractivity contribution in [1.82, 2.24) is 9.88 Å². The predicted molar refractivity (Wildman–Crippen MR) is 107 cm³/mol. The van der Waals surface area contributed by atoms with E-state index < -0.39 is 0 Å². The molecule has 0 atom stereocenters. The second kappa shape index (κ2) is 11.4. The van der Waals surface area contributed by atoms with Crippen LogP contribution in [0.15, 0.2) is 36.5 Å². The molecule has 0 saturated heterocycles. The number of nitrogens with two attached hydrogens (primary N) is 1. The zero-order chi connectivity index (χ0) is 16.5. The molecule has 134 valence electrons. The lowest BCUT2D eigenvalue weighted by Crippen LogP contribution is -2.30. The van der Waals surface area contributed by atoms with E-state index in [4.69, 9.17) is 5.73 Å². The summed E-state index contributed by atoms with van der Waals surface area (Å²) < 4.78 is 0. The lowest BCUT2D eigenvalue weighted by atomic mass is 10.1.